The van der Waals surface area contributed by atoms with E-state index in [1.807, 2.05) is 23.9 Å². The maximum atomic E-state index is 14.0. The molecule has 1 aromatic carbocycles. The lowest BCUT2D eigenvalue weighted by atomic mass is 10.1. The summed E-state index contributed by atoms with van der Waals surface area (Å²) in [5.74, 6) is -0.781. The lowest BCUT2D eigenvalue weighted by Crippen LogP contribution is -2.36. The van der Waals surface area contributed by atoms with Crippen molar-refractivity contribution in [1.29, 1.82) is 5.26 Å². The molecular weight excluding hydrogens is 407 g/mol. The first-order valence-electron chi connectivity index (χ1n) is 9.69. The Labute approximate surface area is 178 Å². The minimum absolute atomic E-state index is 0.0480. The quantitative estimate of drug-likeness (QED) is 0.626. The van der Waals surface area contributed by atoms with Gasteiger partial charge in [0.15, 0.2) is 0 Å². The summed E-state index contributed by atoms with van der Waals surface area (Å²) in [6.07, 6.45) is 6.21. The fourth-order valence-corrected chi connectivity index (χ4v) is 3.53. The van der Waals surface area contributed by atoms with E-state index in [0.29, 0.717) is 23.8 Å². The van der Waals surface area contributed by atoms with Crippen LogP contribution in [-0.2, 0) is 17.8 Å². The minimum atomic E-state index is -0.681. The van der Waals surface area contributed by atoms with Gasteiger partial charge in [-0.05, 0) is 44.0 Å². The summed E-state index contributed by atoms with van der Waals surface area (Å²) in [6.45, 7) is 2.34. The van der Waals surface area contributed by atoms with Crippen molar-refractivity contribution in [2.45, 2.75) is 44.8 Å². The molecule has 0 unspecified atom stereocenters. The molecule has 0 spiro atoms. The summed E-state index contributed by atoms with van der Waals surface area (Å²) < 4.78 is 17.6. The molecule has 1 saturated carbocycles. The third kappa shape index (κ3) is 4.52. The van der Waals surface area contributed by atoms with Crippen LogP contribution < -0.4 is 5.32 Å². The third-order valence-electron chi connectivity index (χ3n) is 4.88. The number of amides is 1. The van der Waals surface area contributed by atoms with Crippen molar-refractivity contribution in [3.8, 4) is 17.3 Å². The highest BCUT2D eigenvalue weighted by molar-refractivity contribution is 6.32. The van der Waals surface area contributed by atoms with E-state index < -0.39 is 5.82 Å². The van der Waals surface area contributed by atoms with E-state index in [4.69, 9.17) is 16.9 Å². The van der Waals surface area contributed by atoms with E-state index in [-0.39, 0.29) is 29.0 Å². The van der Waals surface area contributed by atoms with Crippen molar-refractivity contribution in [2.75, 3.05) is 0 Å². The number of benzene rings is 1. The predicted molar refractivity (Wildman–Crippen MR) is 109 cm³/mol. The predicted octanol–water partition coefficient (Wildman–Crippen LogP) is 3.49. The molecular formula is C21H20ClFN6O. The molecule has 7 nitrogen and oxygen atoms in total. The molecule has 30 heavy (non-hydrogen) atoms. The number of rotatable bonds is 7. The molecule has 2 aromatic heterocycles. The zero-order valence-corrected chi connectivity index (χ0v) is 17.1. The molecule has 2 heterocycles. The fourth-order valence-electron chi connectivity index (χ4n) is 3.28. The van der Waals surface area contributed by atoms with Crippen molar-refractivity contribution >= 4 is 17.5 Å². The maximum Gasteiger partial charge on any atom is 0.226 e. The molecule has 9 heteroatoms. The average molecular weight is 427 g/mol. The third-order valence-corrected chi connectivity index (χ3v) is 5.18. The van der Waals surface area contributed by atoms with Crippen LogP contribution in [0.1, 0.15) is 37.1 Å². The largest absolute Gasteiger partial charge is 0.351 e. The Morgan fingerprint density at radius 1 is 1.37 bits per heavy atom. The summed E-state index contributed by atoms with van der Waals surface area (Å²) in [5, 5.41) is 20.8. The summed E-state index contributed by atoms with van der Waals surface area (Å²) in [4.78, 5) is 12.3. The lowest BCUT2D eigenvalue weighted by Gasteiger charge is -2.13. The smallest absolute Gasteiger partial charge is 0.226 e. The molecule has 0 saturated heterocycles. The van der Waals surface area contributed by atoms with Crippen LogP contribution in [0.25, 0.3) is 11.3 Å². The molecule has 1 amide bonds. The number of nitrogens with one attached hydrogen (secondary N) is 1. The minimum Gasteiger partial charge on any atom is -0.351 e. The van der Waals surface area contributed by atoms with Gasteiger partial charge in [0.05, 0.1) is 35.4 Å². The van der Waals surface area contributed by atoms with E-state index in [0.717, 1.165) is 18.5 Å². The molecule has 1 N–H and O–H groups in total. The Balaban J connectivity index is 1.35. The number of halogens is 2. The number of carbonyl (C=O) groups is 1. The van der Waals surface area contributed by atoms with Crippen molar-refractivity contribution in [3.05, 3.63) is 58.8 Å². The molecule has 0 bridgehead atoms. The number of hydrogen-bond acceptors (Lipinski definition) is 4. The van der Waals surface area contributed by atoms with Gasteiger partial charge >= 0.3 is 0 Å². The van der Waals surface area contributed by atoms with Gasteiger partial charge in [0.2, 0.25) is 5.91 Å². The van der Waals surface area contributed by atoms with Crippen molar-refractivity contribution in [3.63, 3.8) is 0 Å². The summed E-state index contributed by atoms with van der Waals surface area (Å²) in [7, 11) is 0. The topological polar surface area (TPSA) is 88.5 Å². The van der Waals surface area contributed by atoms with Gasteiger partial charge in [-0.15, -0.1) is 0 Å². The summed E-state index contributed by atoms with van der Waals surface area (Å²) in [6, 6.07) is 8.45. The van der Waals surface area contributed by atoms with E-state index in [1.165, 1.54) is 12.1 Å². The number of nitriles is 1. The van der Waals surface area contributed by atoms with E-state index >= 15 is 0 Å². The average Bonchev–Trinajstić information content (AvgIpc) is 3.26. The Bertz CT molecular complexity index is 1100. The van der Waals surface area contributed by atoms with Gasteiger partial charge in [0.1, 0.15) is 17.4 Å². The van der Waals surface area contributed by atoms with Crippen LogP contribution in [0.15, 0.2) is 36.7 Å². The monoisotopic (exact) mass is 426 g/mol. The summed E-state index contributed by atoms with van der Waals surface area (Å²) in [5.41, 5.74) is 1.59. The number of nitrogens with zero attached hydrogens (tertiary/aromatic N) is 5. The SMILES string of the molecule is C[C@@H](Cn1ccc(-c2cc(F)c(C#N)c(Cl)c2)n1)NC(=O)Cc1ccn(C2CC2)n1. The maximum absolute atomic E-state index is 14.0. The van der Waals surface area contributed by atoms with Gasteiger partial charge in [0.25, 0.3) is 0 Å². The highest BCUT2D eigenvalue weighted by Crippen LogP contribution is 2.33. The Kier molecular flexibility index (Phi) is 5.55. The van der Waals surface area contributed by atoms with Crippen LogP contribution in [-0.4, -0.2) is 31.5 Å². The Morgan fingerprint density at radius 2 is 2.17 bits per heavy atom. The van der Waals surface area contributed by atoms with Crippen LogP contribution in [0.4, 0.5) is 4.39 Å². The normalized spacial score (nSPS) is 14.3. The second-order valence-corrected chi connectivity index (χ2v) is 7.92. The van der Waals surface area contributed by atoms with Crippen LogP contribution in [0.3, 0.4) is 0 Å². The highest BCUT2D eigenvalue weighted by Gasteiger charge is 2.24. The lowest BCUT2D eigenvalue weighted by molar-refractivity contribution is -0.121. The van der Waals surface area contributed by atoms with Crippen molar-refractivity contribution in [1.82, 2.24) is 24.9 Å². The number of carbonyl (C=O) groups excluding carboxylic acids is 1. The first-order chi connectivity index (χ1) is 14.4. The standard InChI is InChI=1S/C21H20ClFN6O/c1-13(25-21(30)10-15-4-7-29(26-15)16-2-3-16)12-28-6-5-20(27-28)14-8-18(22)17(11-24)19(23)9-14/h4-9,13,16H,2-3,10,12H2,1H3,(H,25,30)/t13-/m0/s1. The van der Waals surface area contributed by atoms with E-state index in [2.05, 4.69) is 15.5 Å². The second-order valence-electron chi connectivity index (χ2n) is 7.51. The zero-order chi connectivity index (χ0) is 21.3. The Morgan fingerprint density at radius 3 is 2.87 bits per heavy atom. The van der Waals surface area contributed by atoms with E-state index in [1.54, 1.807) is 23.0 Å². The van der Waals surface area contributed by atoms with E-state index in [9.17, 15) is 9.18 Å². The molecule has 154 valence electrons. The van der Waals surface area contributed by atoms with Crippen LogP contribution in [0.2, 0.25) is 5.02 Å². The van der Waals surface area contributed by atoms with Gasteiger partial charge in [-0.1, -0.05) is 11.6 Å². The van der Waals surface area contributed by atoms with Crippen LogP contribution >= 0.6 is 11.6 Å². The number of aromatic nitrogens is 4. The zero-order valence-electron chi connectivity index (χ0n) is 16.3. The van der Waals surface area contributed by atoms with Crippen molar-refractivity contribution in [2.24, 2.45) is 0 Å². The van der Waals surface area contributed by atoms with Gasteiger partial charge in [-0.3, -0.25) is 14.2 Å². The molecule has 1 aliphatic carbocycles. The van der Waals surface area contributed by atoms with Crippen molar-refractivity contribution < 1.29 is 9.18 Å². The van der Waals surface area contributed by atoms with Crippen LogP contribution in [0.5, 0.6) is 0 Å². The fraction of sp³-hybridized carbons (Fsp3) is 0.333. The molecule has 0 aliphatic heterocycles. The first-order valence-corrected chi connectivity index (χ1v) is 10.1. The molecule has 0 radical (unpaired) electrons. The molecule has 4 rings (SSSR count). The van der Waals surface area contributed by atoms with Gasteiger partial charge < -0.3 is 5.32 Å². The van der Waals surface area contributed by atoms with Crippen LogP contribution in [0, 0.1) is 17.1 Å². The molecule has 1 fully saturated rings. The first kappa shape index (κ1) is 20.1. The molecule has 1 aliphatic rings. The second kappa shape index (κ2) is 8.28. The number of hydrogen-bond donors (Lipinski definition) is 1. The highest BCUT2D eigenvalue weighted by atomic mass is 35.5. The summed E-state index contributed by atoms with van der Waals surface area (Å²) >= 11 is 5.97. The molecule has 3 aromatic rings. The van der Waals surface area contributed by atoms with Gasteiger partial charge in [-0.25, -0.2) is 4.39 Å². The molecule has 1 atom stereocenters. The van der Waals surface area contributed by atoms with Gasteiger partial charge in [0, 0.05) is 24.0 Å². The Hall–Kier alpha value is -3.18. The van der Waals surface area contributed by atoms with Gasteiger partial charge in [-0.2, -0.15) is 15.5 Å².